The van der Waals surface area contributed by atoms with Crippen molar-refractivity contribution in [3.63, 3.8) is 0 Å². The second-order valence-electron chi connectivity index (χ2n) is 6.74. The number of piperidine rings is 1. The maximum Gasteiger partial charge on any atom is 0.244 e. The van der Waals surface area contributed by atoms with Crippen LogP contribution in [0.4, 0.5) is 5.69 Å². The minimum Gasteiger partial charge on any atom is -0.495 e. The summed E-state index contributed by atoms with van der Waals surface area (Å²) in [7, 11) is 3.13. The number of rotatable bonds is 5. The van der Waals surface area contributed by atoms with Crippen LogP contribution in [0.3, 0.4) is 0 Å². The fraction of sp³-hybridized carbons (Fsp3) is 0.611. The van der Waals surface area contributed by atoms with Crippen LogP contribution in [0.15, 0.2) is 12.1 Å². The molecule has 134 valence electrons. The Morgan fingerprint density at radius 2 is 1.79 bits per heavy atom. The lowest BCUT2D eigenvalue weighted by Gasteiger charge is -2.36. The average molecular weight is 355 g/mol. The molecule has 0 saturated carbocycles. The molecule has 2 rings (SSSR count). The van der Waals surface area contributed by atoms with E-state index in [0.29, 0.717) is 34.0 Å². The molecule has 1 aliphatic rings. The molecule has 5 nitrogen and oxygen atoms in total. The summed E-state index contributed by atoms with van der Waals surface area (Å²) in [5.74, 6) is 2.31. The minimum atomic E-state index is -0.360. The van der Waals surface area contributed by atoms with Crippen molar-refractivity contribution >= 4 is 23.2 Å². The number of likely N-dealkylation sites (tertiary alicyclic amines) is 1. The molecule has 1 amide bonds. The highest BCUT2D eigenvalue weighted by atomic mass is 35.5. The summed E-state index contributed by atoms with van der Waals surface area (Å²) < 4.78 is 10.6. The van der Waals surface area contributed by atoms with Gasteiger partial charge in [-0.3, -0.25) is 4.79 Å². The monoisotopic (exact) mass is 354 g/mol. The largest absolute Gasteiger partial charge is 0.495 e. The van der Waals surface area contributed by atoms with Crippen molar-refractivity contribution in [1.82, 2.24) is 4.90 Å². The van der Waals surface area contributed by atoms with Crippen molar-refractivity contribution in [2.24, 2.45) is 11.8 Å². The van der Waals surface area contributed by atoms with Gasteiger partial charge in [-0.15, -0.1) is 0 Å². The third kappa shape index (κ3) is 4.26. The van der Waals surface area contributed by atoms with Gasteiger partial charge in [0.2, 0.25) is 5.91 Å². The Bertz CT molecular complexity index is 584. The Hall–Kier alpha value is -1.62. The molecule has 1 aliphatic heterocycles. The van der Waals surface area contributed by atoms with Crippen molar-refractivity contribution in [2.45, 2.75) is 33.2 Å². The molecule has 0 spiro atoms. The summed E-state index contributed by atoms with van der Waals surface area (Å²) in [6, 6.07) is 3.08. The van der Waals surface area contributed by atoms with Crippen LogP contribution in [0, 0.1) is 11.8 Å². The van der Waals surface area contributed by atoms with Crippen LogP contribution in [0.25, 0.3) is 0 Å². The van der Waals surface area contributed by atoms with Gasteiger partial charge >= 0.3 is 0 Å². The molecule has 3 unspecified atom stereocenters. The molecule has 0 aromatic heterocycles. The summed E-state index contributed by atoms with van der Waals surface area (Å²) in [6.07, 6.45) is 1.17. The number of methoxy groups -OCH3 is 2. The standard InChI is InChI=1S/C18H27ClN2O3/c1-11-6-12(2)10-21(9-11)18(22)13(3)20-15-7-14(19)16(23-4)8-17(15)24-5/h7-8,11-13,20H,6,9-10H2,1-5H3. The molecule has 1 heterocycles. The Morgan fingerprint density at radius 1 is 1.21 bits per heavy atom. The lowest BCUT2D eigenvalue weighted by molar-refractivity contribution is -0.134. The molecule has 1 aromatic carbocycles. The normalized spacial score (nSPS) is 22.0. The summed E-state index contributed by atoms with van der Waals surface area (Å²) in [6.45, 7) is 7.88. The van der Waals surface area contributed by atoms with E-state index in [1.807, 2.05) is 11.8 Å². The zero-order valence-corrected chi connectivity index (χ0v) is 15.8. The van der Waals surface area contributed by atoms with E-state index in [4.69, 9.17) is 21.1 Å². The molecule has 1 saturated heterocycles. The van der Waals surface area contributed by atoms with E-state index in [2.05, 4.69) is 19.2 Å². The number of nitrogens with one attached hydrogen (secondary N) is 1. The van der Waals surface area contributed by atoms with E-state index in [-0.39, 0.29) is 11.9 Å². The van der Waals surface area contributed by atoms with E-state index in [1.165, 1.54) is 6.42 Å². The number of ether oxygens (including phenoxy) is 2. The van der Waals surface area contributed by atoms with E-state index in [9.17, 15) is 4.79 Å². The van der Waals surface area contributed by atoms with Crippen LogP contribution in [-0.2, 0) is 4.79 Å². The summed E-state index contributed by atoms with van der Waals surface area (Å²) >= 11 is 6.19. The third-order valence-corrected chi connectivity index (χ3v) is 4.69. The van der Waals surface area contributed by atoms with Gasteiger partial charge in [0.25, 0.3) is 0 Å². The van der Waals surface area contributed by atoms with Gasteiger partial charge in [-0.05, 0) is 31.2 Å². The number of nitrogens with zero attached hydrogens (tertiary/aromatic N) is 1. The zero-order valence-electron chi connectivity index (χ0n) is 15.1. The first-order chi connectivity index (χ1) is 11.3. The molecule has 1 fully saturated rings. The Kier molecular flexibility index (Phi) is 6.21. The Labute approximate surface area is 149 Å². The number of hydrogen-bond acceptors (Lipinski definition) is 4. The molecule has 1 aromatic rings. The number of hydrogen-bond donors (Lipinski definition) is 1. The van der Waals surface area contributed by atoms with Gasteiger partial charge in [0.15, 0.2) is 0 Å². The predicted octanol–water partition coefficient (Wildman–Crippen LogP) is 3.66. The van der Waals surface area contributed by atoms with Gasteiger partial charge in [-0.25, -0.2) is 0 Å². The van der Waals surface area contributed by atoms with Crippen LogP contribution in [-0.4, -0.2) is 44.2 Å². The average Bonchev–Trinajstić information content (AvgIpc) is 2.53. The molecular weight excluding hydrogens is 328 g/mol. The molecule has 0 bridgehead atoms. The molecule has 1 N–H and O–H groups in total. The summed E-state index contributed by atoms with van der Waals surface area (Å²) in [5, 5.41) is 3.70. The smallest absolute Gasteiger partial charge is 0.244 e. The second-order valence-corrected chi connectivity index (χ2v) is 7.15. The molecule has 24 heavy (non-hydrogen) atoms. The van der Waals surface area contributed by atoms with Crippen LogP contribution in [0.2, 0.25) is 5.02 Å². The maximum atomic E-state index is 12.8. The van der Waals surface area contributed by atoms with E-state index < -0.39 is 0 Å². The van der Waals surface area contributed by atoms with Gasteiger partial charge in [0.05, 0.1) is 24.9 Å². The first kappa shape index (κ1) is 18.7. The highest BCUT2D eigenvalue weighted by Crippen LogP contribution is 2.36. The Morgan fingerprint density at radius 3 is 2.33 bits per heavy atom. The van der Waals surface area contributed by atoms with E-state index in [0.717, 1.165) is 13.1 Å². The number of carbonyl (C=O) groups is 1. The van der Waals surface area contributed by atoms with Gasteiger partial charge in [-0.1, -0.05) is 25.4 Å². The van der Waals surface area contributed by atoms with Crippen molar-refractivity contribution in [3.8, 4) is 11.5 Å². The lowest BCUT2D eigenvalue weighted by Crippen LogP contribution is -2.48. The molecule has 0 aliphatic carbocycles. The van der Waals surface area contributed by atoms with Gasteiger partial charge < -0.3 is 19.7 Å². The number of halogens is 1. The summed E-state index contributed by atoms with van der Waals surface area (Å²) in [4.78, 5) is 14.7. The van der Waals surface area contributed by atoms with E-state index >= 15 is 0 Å². The van der Waals surface area contributed by atoms with Crippen LogP contribution >= 0.6 is 11.6 Å². The number of amides is 1. The zero-order chi connectivity index (χ0) is 17.9. The third-order valence-electron chi connectivity index (χ3n) is 4.40. The van der Waals surface area contributed by atoms with Gasteiger partial charge in [0.1, 0.15) is 17.5 Å². The van der Waals surface area contributed by atoms with Crippen molar-refractivity contribution < 1.29 is 14.3 Å². The van der Waals surface area contributed by atoms with Crippen LogP contribution < -0.4 is 14.8 Å². The van der Waals surface area contributed by atoms with Gasteiger partial charge in [-0.2, -0.15) is 0 Å². The predicted molar refractivity (Wildman–Crippen MR) is 97.2 cm³/mol. The van der Waals surface area contributed by atoms with Gasteiger partial charge in [0, 0.05) is 19.2 Å². The molecular formula is C18H27ClN2O3. The lowest BCUT2D eigenvalue weighted by atomic mass is 9.91. The molecule has 6 heteroatoms. The van der Waals surface area contributed by atoms with Crippen LogP contribution in [0.5, 0.6) is 11.5 Å². The first-order valence-electron chi connectivity index (χ1n) is 8.32. The van der Waals surface area contributed by atoms with Crippen molar-refractivity contribution in [1.29, 1.82) is 0 Å². The fourth-order valence-electron chi connectivity index (χ4n) is 3.38. The highest BCUT2D eigenvalue weighted by Gasteiger charge is 2.28. The highest BCUT2D eigenvalue weighted by molar-refractivity contribution is 6.32. The fourth-order valence-corrected chi connectivity index (χ4v) is 3.63. The minimum absolute atomic E-state index is 0.0994. The van der Waals surface area contributed by atoms with Crippen LogP contribution in [0.1, 0.15) is 27.2 Å². The number of carbonyl (C=O) groups excluding carboxylic acids is 1. The first-order valence-corrected chi connectivity index (χ1v) is 8.70. The molecule has 0 radical (unpaired) electrons. The Balaban J connectivity index is 2.12. The SMILES string of the molecule is COc1cc(OC)c(NC(C)C(=O)N2CC(C)CC(C)C2)cc1Cl. The number of anilines is 1. The summed E-state index contributed by atoms with van der Waals surface area (Å²) in [5.41, 5.74) is 0.683. The molecule has 3 atom stereocenters. The van der Waals surface area contributed by atoms with Crippen molar-refractivity contribution in [2.75, 3.05) is 32.6 Å². The van der Waals surface area contributed by atoms with Crippen molar-refractivity contribution in [3.05, 3.63) is 17.2 Å². The maximum absolute atomic E-state index is 12.8. The number of benzene rings is 1. The quantitative estimate of drug-likeness (QED) is 0.876. The van der Waals surface area contributed by atoms with E-state index in [1.54, 1.807) is 26.4 Å². The topological polar surface area (TPSA) is 50.8 Å². The second kappa shape index (κ2) is 7.97.